The first-order valence-electron chi connectivity index (χ1n) is 13.7. The van der Waals surface area contributed by atoms with Crippen molar-refractivity contribution >= 4 is 39.3 Å². The van der Waals surface area contributed by atoms with Gasteiger partial charge in [0.05, 0.1) is 17.8 Å². The van der Waals surface area contributed by atoms with E-state index in [0.717, 1.165) is 37.4 Å². The topological polar surface area (TPSA) is 109 Å². The molecular formula is C30H35N9O2. The third-order valence-electron chi connectivity index (χ3n) is 7.64. The quantitative estimate of drug-likeness (QED) is 0.295. The zero-order valence-corrected chi connectivity index (χ0v) is 23.9. The maximum atomic E-state index is 13.4. The molecule has 4 aromatic heterocycles. The van der Waals surface area contributed by atoms with Crippen LogP contribution in [0.5, 0.6) is 0 Å². The Morgan fingerprint density at radius 1 is 1.07 bits per heavy atom. The fourth-order valence-electron chi connectivity index (χ4n) is 5.35. The maximum absolute atomic E-state index is 13.4. The van der Waals surface area contributed by atoms with Crippen molar-refractivity contribution in [1.29, 1.82) is 0 Å². The Morgan fingerprint density at radius 2 is 1.85 bits per heavy atom. The summed E-state index contributed by atoms with van der Waals surface area (Å²) in [6.45, 7) is 11.3. The summed E-state index contributed by atoms with van der Waals surface area (Å²) in [6, 6.07) is 11.7. The van der Waals surface area contributed by atoms with Gasteiger partial charge < -0.3 is 24.8 Å². The van der Waals surface area contributed by atoms with Crippen molar-refractivity contribution in [1.82, 2.24) is 33.8 Å². The molecule has 1 fully saturated rings. The summed E-state index contributed by atoms with van der Waals surface area (Å²) in [5, 5.41) is 15.5. The number of rotatable bonds is 7. The van der Waals surface area contributed by atoms with E-state index in [1.807, 2.05) is 7.05 Å². The van der Waals surface area contributed by atoms with Gasteiger partial charge in [0.1, 0.15) is 11.0 Å². The number of benzene rings is 1. The summed E-state index contributed by atoms with van der Waals surface area (Å²) in [5.41, 5.74) is 2.62. The lowest BCUT2D eigenvalue weighted by atomic mass is 10.1. The number of nitrogens with one attached hydrogen (secondary N) is 1. The molecule has 6 rings (SSSR count). The van der Waals surface area contributed by atoms with Crippen LogP contribution in [0.4, 0.5) is 17.3 Å². The number of pyridine rings is 1. The van der Waals surface area contributed by atoms with Crippen LogP contribution in [0.15, 0.2) is 66.2 Å². The highest BCUT2D eigenvalue weighted by Crippen LogP contribution is 2.33. The molecule has 1 saturated heterocycles. The second-order valence-corrected chi connectivity index (χ2v) is 11.1. The molecule has 1 aliphatic heterocycles. The normalized spacial score (nSPS) is 14.7. The van der Waals surface area contributed by atoms with Crippen molar-refractivity contribution in [3.05, 3.63) is 77.5 Å². The second kappa shape index (κ2) is 10.2. The Hall–Kier alpha value is -4.48. The maximum Gasteiger partial charge on any atom is 0.278 e. The number of fused-ring (bicyclic) bond motifs is 2. The van der Waals surface area contributed by atoms with Gasteiger partial charge in [-0.25, -0.2) is 19.3 Å². The van der Waals surface area contributed by atoms with Gasteiger partial charge in [-0.2, -0.15) is 4.98 Å². The Labute approximate surface area is 238 Å². The largest absolute Gasteiger partial charge is 0.384 e. The standard InChI is InChI=1S/C30H35N9O2/c1-6-11-38-28(40)22-19-31-29(34-27(22)39(38)26-9-7-8-25(33-26)30(2,3)41)32-20-17-23-21(10-12-36(23)5)24(18-20)37-15-13-35(4)14-16-37/h6-10,12,17-19,41H,1,11,13-16H2,2-5H3,(H,31,32,34). The number of anilines is 3. The van der Waals surface area contributed by atoms with Crippen LogP contribution in [0.25, 0.3) is 27.8 Å². The number of aromatic nitrogens is 6. The number of nitrogens with zero attached hydrogens (tertiary/aromatic N) is 8. The average molecular weight is 554 g/mol. The smallest absolute Gasteiger partial charge is 0.278 e. The average Bonchev–Trinajstić information content (AvgIpc) is 3.45. The van der Waals surface area contributed by atoms with Crippen molar-refractivity contribution in [3.63, 3.8) is 0 Å². The predicted molar refractivity (Wildman–Crippen MR) is 162 cm³/mol. The first kappa shape index (κ1) is 26.7. The highest BCUT2D eigenvalue weighted by Gasteiger charge is 2.22. The Balaban J connectivity index is 1.45. The van der Waals surface area contributed by atoms with E-state index < -0.39 is 5.60 Å². The first-order chi connectivity index (χ1) is 19.6. The first-order valence-corrected chi connectivity index (χ1v) is 13.7. The number of allylic oxidation sites excluding steroid dienone is 1. The molecule has 5 aromatic rings. The molecule has 212 valence electrons. The lowest BCUT2D eigenvalue weighted by molar-refractivity contribution is 0.0738. The van der Waals surface area contributed by atoms with Crippen LogP contribution < -0.4 is 15.8 Å². The lowest BCUT2D eigenvalue weighted by Gasteiger charge is -2.34. The van der Waals surface area contributed by atoms with Gasteiger partial charge in [-0.05, 0) is 51.2 Å². The number of piperazine rings is 1. The highest BCUT2D eigenvalue weighted by molar-refractivity contribution is 5.96. The monoisotopic (exact) mass is 553 g/mol. The van der Waals surface area contributed by atoms with Gasteiger partial charge in [0.15, 0.2) is 11.5 Å². The van der Waals surface area contributed by atoms with Gasteiger partial charge in [0.2, 0.25) is 5.95 Å². The van der Waals surface area contributed by atoms with E-state index in [1.165, 1.54) is 15.8 Å². The minimum Gasteiger partial charge on any atom is -0.384 e. The van der Waals surface area contributed by atoms with Gasteiger partial charge in [0.25, 0.3) is 5.56 Å². The SMILES string of the molecule is C=CCn1c(=O)c2cnc(Nc3cc(N4CCN(C)CC4)c4ccn(C)c4c3)nc2n1-c1cccc(C(C)(C)O)n1. The molecule has 0 atom stereocenters. The van der Waals surface area contributed by atoms with Crippen LogP contribution in [0.2, 0.25) is 0 Å². The van der Waals surface area contributed by atoms with E-state index in [0.29, 0.717) is 28.5 Å². The van der Waals surface area contributed by atoms with Crippen LogP contribution in [0.3, 0.4) is 0 Å². The van der Waals surface area contributed by atoms with Gasteiger partial charge in [0, 0.05) is 62.4 Å². The van der Waals surface area contributed by atoms with E-state index in [2.05, 4.69) is 67.7 Å². The highest BCUT2D eigenvalue weighted by atomic mass is 16.3. The summed E-state index contributed by atoms with van der Waals surface area (Å²) in [4.78, 5) is 32.1. The number of aliphatic hydroxyl groups is 1. The fourth-order valence-corrected chi connectivity index (χ4v) is 5.35. The van der Waals surface area contributed by atoms with Crippen LogP contribution in [-0.4, -0.2) is 72.1 Å². The van der Waals surface area contributed by atoms with Crippen molar-refractivity contribution in [2.24, 2.45) is 7.05 Å². The minimum absolute atomic E-state index is 0.246. The number of aryl methyl sites for hydroxylation is 1. The van der Waals surface area contributed by atoms with Crippen LogP contribution in [0.1, 0.15) is 19.5 Å². The number of likely N-dealkylation sites (N-methyl/N-ethyl adjacent to an activating group) is 1. The molecule has 0 amide bonds. The molecule has 1 aliphatic rings. The van der Waals surface area contributed by atoms with E-state index >= 15 is 0 Å². The molecule has 0 aliphatic carbocycles. The van der Waals surface area contributed by atoms with E-state index in [4.69, 9.17) is 4.98 Å². The van der Waals surface area contributed by atoms with E-state index in [-0.39, 0.29) is 12.1 Å². The van der Waals surface area contributed by atoms with Crippen molar-refractivity contribution in [3.8, 4) is 5.82 Å². The van der Waals surface area contributed by atoms with E-state index in [1.54, 1.807) is 49.0 Å². The summed E-state index contributed by atoms with van der Waals surface area (Å²) in [6.07, 6.45) is 5.27. The number of hydrogen-bond donors (Lipinski definition) is 2. The molecule has 11 heteroatoms. The molecular weight excluding hydrogens is 518 g/mol. The third kappa shape index (κ3) is 4.87. The zero-order chi connectivity index (χ0) is 28.9. The summed E-state index contributed by atoms with van der Waals surface area (Å²) < 4.78 is 5.30. The molecule has 0 spiro atoms. The molecule has 1 aromatic carbocycles. The minimum atomic E-state index is -1.15. The molecule has 11 nitrogen and oxygen atoms in total. The molecule has 0 bridgehead atoms. The summed E-state index contributed by atoms with van der Waals surface area (Å²) in [7, 11) is 4.19. The van der Waals surface area contributed by atoms with Gasteiger partial charge in [-0.1, -0.05) is 12.1 Å². The van der Waals surface area contributed by atoms with Crippen LogP contribution in [-0.2, 0) is 19.2 Å². The van der Waals surface area contributed by atoms with Crippen molar-refractivity contribution < 1.29 is 5.11 Å². The van der Waals surface area contributed by atoms with E-state index in [9.17, 15) is 9.90 Å². The second-order valence-electron chi connectivity index (χ2n) is 11.1. The summed E-state index contributed by atoms with van der Waals surface area (Å²) >= 11 is 0. The van der Waals surface area contributed by atoms with Gasteiger partial charge in [-0.15, -0.1) is 6.58 Å². The Kier molecular flexibility index (Phi) is 6.63. The lowest BCUT2D eigenvalue weighted by Crippen LogP contribution is -2.44. The van der Waals surface area contributed by atoms with Gasteiger partial charge in [-0.3, -0.25) is 4.79 Å². The molecule has 41 heavy (non-hydrogen) atoms. The number of hydrogen-bond acceptors (Lipinski definition) is 8. The summed E-state index contributed by atoms with van der Waals surface area (Å²) in [5.74, 6) is 0.823. The molecule has 0 radical (unpaired) electrons. The molecule has 2 N–H and O–H groups in total. The van der Waals surface area contributed by atoms with Crippen LogP contribution in [0, 0.1) is 0 Å². The zero-order valence-electron chi connectivity index (χ0n) is 23.9. The third-order valence-corrected chi connectivity index (χ3v) is 7.64. The van der Waals surface area contributed by atoms with Crippen LogP contribution >= 0.6 is 0 Å². The molecule has 0 unspecified atom stereocenters. The Bertz CT molecular complexity index is 1820. The Morgan fingerprint density at radius 3 is 2.59 bits per heavy atom. The molecule has 0 saturated carbocycles. The fraction of sp³-hybridized carbons (Fsp3) is 0.333. The molecule has 5 heterocycles. The van der Waals surface area contributed by atoms with Crippen molar-refractivity contribution in [2.75, 3.05) is 43.4 Å². The van der Waals surface area contributed by atoms with Crippen molar-refractivity contribution in [2.45, 2.75) is 26.0 Å². The van der Waals surface area contributed by atoms with Gasteiger partial charge >= 0.3 is 0 Å². The predicted octanol–water partition coefficient (Wildman–Crippen LogP) is 3.38.